The van der Waals surface area contributed by atoms with E-state index in [1.807, 2.05) is 0 Å². The second-order valence-electron chi connectivity index (χ2n) is 3.24. The van der Waals surface area contributed by atoms with E-state index < -0.39 is 10.9 Å². The fourth-order valence-electron chi connectivity index (χ4n) is 1.28. The minimum atomic E-state index is -0.543. The van der Waals surface area contributed by atoms with E-state index in [-0.39, 0.29) is 18.7 Å². The molecular formula is C10H11BrN2O4. The predicted molar refractivity (Wildman–Crippen MR) is 65.5 cm³/mol. The number of benzene rings is 1. The number of non-ortho nitro benzene ring substituents is 1. The molecule has 0 aliphatic heterocycles. The van der Waals surface area contributed by atoms with E-state index in [9.17, 15) is 14.9 Å². The van der Waals surface area contributed by atoms with E-state index >= 15 is 0 Å². The second kappa shape index (κ2) is 5.62. The van der Waals surface area contributed by atoms with Crippen molar-refractivity contribution in [3.63, 3.8) is 0 Å². The minimum absolute atomic E-state index is 0.0834. The summed E-state index contributed by atoms with van der Waals surface area (Å²) in [5.41, 5.74) is 6.29. The van der Waals surface area contributed by atoms with Crippen LogP contribution < -0.4 is 5.73 Å². The van der Waals surface area contributed by atoms with Crippen LogP contribution in [0.1, 0.15) is 12.5 Å². The summed E-state index contributed by atoms with van der Waals surface area (Å²) in [6.45, 7) is 1.94. The van der Waals surface area contributed by atoms with Gasteiger partial charge >= 0.3 is 5.97 Å². The number of halogens is 1. The number of nitrogens with zero attached hydrogens (tertiary/aromatic N) is 1. The van der Waals surface area contributed by atoms with Crippen molar-refractivity contribution < 1.29 is 14.5 Å². The summed E-state index contributed by atoms with van der Waals surface area (Å²) in [5.74, 6) is -0.466. The molecule has 1 aromatic rings. The Morgan fingerprint density at radius 3 is 2.76 bits per heavy atom. The highest BCUT2D eigenvalue weighted by molar-refractivity contribution is 9.10. The maximum atomic E-state index is 11.3. The van der Waals surface area contributed by atoms with Gasteiger partial charge in [-0.2, -0.15) is 0 Å². The Labute approximate surface area is 106 Å². The molecule has 0 aliphatic carbocycles. The molecule has 0 bridgehead atoms. The number of carbonyl (C=O) groups excluding carboxylic acids is 1. The van der Waals surface area contributed by atoms with Crippen LogP contribution in [0, 0.1) is 10.1 Å². The third-order valence-corrected chi connectivity index (χ3v) is 2.71. The number of carbonyl (C=O) groups is 1. The molecule has 1 aromatic carbocycles. The molecule has 0 heterocycles. The van der Waals surface area contributed by atoms with Gasteiger partial charge in [-0.1, -0.05) is 0 Å². The molecule has 92 valence electrons. The Hall–Kier alpha value is -1.63. The lowest BCUT2D eigenvalue weighted by atomic mass is 10.1. The SMILES string of the molecule is CCOC(=O)Cc1cc([N+](=O)[O-])cc(Br)c1N. The van der Waals surface area contributed by atoms with Gasteiger partial charge in [-0.15, -0.1) is 0 Å². The molecule has 0 unspecified atom stereocenters. The molecule has 2 N–H and O–H groups in total. The highest BCUT2D eigenvalue weighted by atomic mass is 79.9. The monoisotopic (exact) mass is 302 g/mol. The number of anilines is 1. The number of rotatable bonds is 4. The first-order chi connectivity index (χ1) is 7.95. The number of hydrogen-bond donors (Lipinski definition) is 1. The molecule has 7 heteroatoms. The molecule has 6 nitrogen and oxygen atoms in total. The normalized spacial score (nSPS) is 10.0. The molecule has 0 spiro atoms. The van der Waals surface area contributed by atoms with Gasteiger partial charge in [-0.05, 0) is 28.4 Å². The fraction of sp³-hybridized carbons (Fsp3) is 0.300. The van der Waals surface area contributed by atoms with E-state index in [1.54, 1.807) is 6.92 Å². The molecule has 0 amide bonds. The van der Waals surface area contributed by atoms with E-state index in [2.05, 4.69) is 15.9 Å². The zero-order valence-electron chi connectivity index (χ0n) is 9.10. The van der Waals surface area contributed by atoms with Crippen LogP contribution in [-0.2, 0) is 16.0 Å². The molecule has 0 aromatic heterocycles. The van der Waals surface area contributed by atoms with Crippen molar-refractivity contribution in [3.8, 4) is 0 Å². The van der Waals surface area contributed by atoms with Gasteiger partial charge in [0.05, 0.1) is 23.6 Å². The van der Waals surface area contributed by atoms with E-state index in [1.165, 1.54) is 12.1 Å². The summed E-state index contributed by atoms with van der Waals surface area (Å²) in [5, 5.41) is 10.7. The third kappa shape index (κ3) is 3.42. The van der Waals surface area contributed by atoms with Gasteiger partial charge in [0.2, 0.25) is 0 Å². The summed E-state index contributed by atoms with van der Waals surface area (Å²) >= 11 is 3.11. The van der Waals surface area contributed by atoms with Crippen molar-refractivity contribution in [1.82, 2.24) is 0 Å². The molecule has 0 saturated carbocycles. The number of hydrogen-bond acceptors (Lipinski definition) is 5. The molecule has 0 fully saturated rings. The van der Waals surface area contributed by atoms with Crippen molar-refractivity contribution in [2.45, 2.75) is 13.3 Å². The van der Waals surface area contributed by atoms with Crippen molar-refractivity contribution in [3.05, 3.63) is 32.3 Å². The Bertz CT molecular complexity index is 462. The topological polar surface area (TPSA) is 95.5 Å². The first-order valence-corrected chi connectivity index (χ1v) is 5.63. The lowest BCUT2D eigenvalue weighted by Crippen LogP contribution is -2.10. The van der Waals surface area contributed by atoms with Gasteiger partial charge < -0.3 is 10.5 Å². The minimum Gasteiger partial charge on any atom is -0.466 e. The molecule has 0 aliphatic rings. The van der Waals surface area contributed by atoms with Crippen molar-refractivity contribution in [2.24, 2.45) is 0 Å². The van der Waals surface area contributed by atoms with Crippen molar-refractivity contribution >= 4 is 33.3 Å². The van der Waals surface area contributed by atoms with Gasteiger partial charge in [-0.3, -0.25) is 14.9 Å². The van der Waals surface area contributed by atoms with Crippen LogP contribution in [0.5, 0.6) is 0 Å². The van der Waals surface area contributed by atoms with Crippen LogP contribution >= 0.6 is 15.9 Å². The van der Waals surface area contributed by atoms with Gasteiger partial charge in [0.15, 0.2) is 0 Å². The van der Waals surface area contributed by atoms with E-state index in [0.29, 0.717) is 15.7 Å². The number of ether oxygens (including phenoxy) is 1. The Morgan fingerprint density at radius 1 is 1.59 bits per heavy atom. The average Bonchev–Trinajstić information content (AvgIpc) is 2.24. The Morgan fingerprint density at radius 2 is 2.24 bits per heavy atom. The van der Waals surface area contributed by atoms with Crippen LogP contribution in [0.3, 0.4) is 0 Å². The smallest absolute Gasteiger partial charge is 0.310 e. The molecule has 17 heavy (non-hydrogen) atoms. The van der Waals surface area contributed by atoms with E-state index in [0.717, 1.165) is 0 Å². The molecule has 0 atom stereocenters. The highest BCUT2D eigenvalue weighted by Gasteiger charge is 2.16. The van der Waals surface area contributed by atoms with Crippen LogP contribution in [0.2, 0.25) is 0 Å². The summed E-state index contributed by atoms with van der Waals surface area (Å²) in [4.78, 5) is 21.4. The number of esters is 1. The summed E-state index contributed by atoms with van der Waals surface area (Å²) in [7, 11) is 0. The summed E-state index contributed by atoms with van der Waals surface area (Å²) < 4.78 is 5.16. The lowest BCUT2D eigenvalue weighted by molar-refractivity contribution is -0.385. The maximum absolute atomic E-state index is 11.3. The maximum Gasteiger partial charge on any atom is 0.310 e. The average molecular weight is 303 g/mol. The quantitative estimate of drug-likeness (QED) is 0.397. The standard InChI is InChI=1S/C10H11BrN2O4/c1-2-17-9(14)4-6-3-7(13(15)16)5-8(11)10(6)12/h3,5H,2,4,12H2,1H3. The second-order valence-corrected chi connectivity index (χ2v) is 4.09. The van der Waals surface area contributed by atoms with Crippen LogP contribution in [0.25, 0.3) is 0 Å². The van der Waals surface area contributed by atoms with Crippen LogP contribution in [0.4, 0.5) is 11.4 Å². The van der Waals surface area contributed by atoms with Gasteiger partial charge in [0.1, 0.15) is 0 Å². The molecule has 0 saturated heterocycles. The predicted octanol–water partition coefficient (Wildman–Crippen LogP) is 2.05. The van der Waals surface area contributed by atoms with Crippen molar-refractivity contribution in [1.29, 1.82) is 0 Å². The Balaban J connectivity index is 3.05. The number of nitrogen functional groups attached to an aromatic ring is 1. The third-order valence-electron chi connectivity index (χ3n) is 2.05. The number of nitro groups is 1. The number of nitro benzene ring substituents is 1. The number of nitrogens with two attached hydrogens (primary N) is 1. The molecule has 1 rings (SSSR count). The highest BCUT2D eigenvalue weighted by Crippen LogP contribution is 2.29. The molecule has 0 radical (unpaired) electrons. The zero-order valence-corrected chi connectivity index (χ0v) is 10.7. The fourth-order valence-corrected chi connectivity index (χ4v) is 1.77. The van der Waals surface area contributed by atoms with Crippen molar-refractivity contribution in [2.75, 3.05) is 12.3 Å². The first-order valence-electron chi connectivity index (χ1n) is 4.83. The molecular weight excluding hydrogens is 292 g/mol. The van der Waals surface area contributed by atoms with E-state index in [4.69, 9.17) is 10.5 Å². The lowest BCUT2D eigenvalue weighted by Gasteiger charge is -2.07. The summed E-state index contributed by atoms with van der Waals surface area (Å²) in [6, 6.07) is 2.57. The van der Waals surface area contributed by atoms with Gasteiger partial charge in [0.25, 0.3) is 5.69 Å². The van der Waals surface area contributed by atoms with Crippen LogP contribution in [0.15, 0.2) is 16.6 Å². The largest absolute Gasteiger partial charge is 0.466 e. The van der Waals surface area contributed by atoms with Gasteiger partial charge in [0, 0.05) is 16.6 Å². The van der Waals surface area contributed by atoms with Gasteiger partial charge in [-0.25, -0.2) is 0 Å². The summed E-state index contributed by atoms with van der Waals surface area (Å²) in [6.07, 6.45) is -0.0834. The first kappa shape index (κ1) is 13.4. The zero-order chi connectivity index (χ0) is 13.0. The van der Waals surface area contributed by atoms with Crippen LogP contribution in [-0.4, -0.2) is 17.5 Å². The Kier molecular flexibility index (Phi) is 4.45.